The largest absolute Gasteiger partial charge is 0.306 e. The van der Waals surface area contributed by atoms with Gasteiger partial charge in [-0.25, -0.2) is 8.42 Å². The molecule has 2 unspecified atom stereocenters. The Balaban J connectivity index is 2.01. The second-order valence-corrected chi connectivity index (χ2v) is 7.49. The van der Waals surface area contributed by atoms with Crippen molar-refractivity contribution >= 4 is 9.84 Å². The normalized spacial score (nSPS) is 22.6. The van der Waals surface area contributed by atoms with E-state index >= 15 is 0 Å². The topological polar surface area (TPSA) is 49.4 Å². The summed E-state index contributed by atoms with van der Waals surface area (Å²) in [5, 5.41) is 3.59. The zero-order valence-corrected chi connectivity index (χ0v) is 12.6. The first kappa shape index (κ1) is 14.5. The molecule has 0 radical (unpaired) electrons. The zero-order chi connectivity index (χ0) is 14.0. The second-order valence-electron chi connectivity index (χ2n) is 5.48. The van der Waals surface area contributed by atoms with Crippen molar-refractivity contribution in [1.29, 1.82) is 0 Å². The Labute approximate surface area is 115 Å². The van der Waals surface area contributed by atoms with Crippen LogP contribution in [-0.2, 0) is 9.84 Å². The van der Waals surface area contributed by atoms with Crippen molar-refractivity contribution in [2.24, 2.45) is 0 Å². The summed E-state index contributed by atoms with van der Waals surface area (Å²) in [5.41, 5.74) is 1.13. The van der Waals surface area contributed by atoms with E-state index in [0.29, 0.717) is 10.9 Å². The van der Waals surface area contributed by atoms with Gasteiger partial charge < -0.3 is 10.2 Å². The number of sulfone groups is 1. The third-order valence-electron chi connectivity index (χ3n) is 3.69. The van der Waals surface area contributed by atoms with Crippen LogP contribution in [0.5, 0.6) is 0 Å². The number of benzene rings is 1. The highest BCUT2D eigenvalue weighted by atomic mass is 32.2. The van der Waals surface area contributed by atoms with Crippen molar-refractivity contribution in [3.05, 3.63) is 29.8 Å². The summed E-state index contributed by atoms with van der Waals surface area (Å²) < 4.78 is 22.8. The van der Waals surface area contributed by atoms with Crippen molar-refractivity contribution in [2.45, 2.75) is 30.3 Å². The predicted molar refractivity (Wildman–Crippen MR) is 77.0 cm³/mol. The van der Waals surface area contributed by atoms with Gasteiger partial charge in [0.05, 0.1) is 4.90 Å². The van der Waals surface area contributed by atoms with Gasteiger partial charge in [0.2, 0.25) is 0 Å². The van der Waals surface area contributed by atoms with Crippen molar-refractivity contribution in [3.8, 4) is 0 Å². The summed E-state index contributed by atoms with van der Waals surface area (Å²) in [6.45, 7) is 4.33. The monoisotopic (exact) mass is 282 g/mol. The van der Waals surface area contributed by atoms with Gasteiger partial charge in [0.25, 0.3) is 0 Å². The molecule has 1 aromatic rings. The van der Waals surface area contributed by atoms with Gasteiger partial charge in [-0.1, -0.05) is 12.1 Å². The van der Waals surface area contributed by atoms with Crippen molar-refractivity contribution in [3.63, 3.8) is 0 Å². The maximum atomic E-state index is 11.4. The lowest BCUT2D eigenvalue weighted by Crippen LogP contribution is -2.33. The molecule has 4 nitrogen and oxygen atoms in total. The molecule has 1 aromatic carbocycles. The summed E-state index contributed by atoms with van der Waals surface area (Å²) in [6.07, 6.45) is 2.40. The first-order valence-corrected chi connectivity index (χ1v) is 8.50. The quantitative estimate of drug-likeness (QED) is 0.908. The molecule has 0 aromatic heterocycles. The van der Waals surface area contributed by atoms with E-state index in [2.05, 4.69) is 24.2 Å². The number of nitrogens with zero attached hydrogens (tertiary/aromatic N) is 1. The predicted octanol–water partition coefficient (Wildman–Crippen LogP) is 1.44. The van der Waals surface area contributed by atoms with Gasteiger partial charge in [-0.3, -0.25) is 0 Å². The Morgan fingerprint density at radius 1 is 1.32 bits per heavy atom. The number of nitrogens with one attached hydrogen (secondary N) is 1. The first-order valence-electron chi connectivity index (χ1n) is 6.61. The molecule has 1 aliphatic heterocycles. The molecule has 1 N–H and O–H groups in total. The van der Waals surface area contributed by atoms with E-state index in [1.807, 2.05) is 12.1 Å². The molecule has 0 amide bonds. The van der Waals surface area contributed by atoms with E-state index in [1.54, 1.807) is 12.1 Å². The van der Waals surface area contributed by atoms with E-state index < -0.39 is 9.84 Å². The molecule has 2 rings (SSSR count). The van der Waals surface area contributed by atoms with Gasteiger partial charge in [0, 0.05) is 24.9 Å². The molecule has 0 bridgehead atoms. The number of likely N-dealkylation sites (tertiary alicyclic amines) is 1. The van der Waals surface area contributed by atoms with Crippen LogP contribution in [-0.4, -0.2) is 45.8 Å². The van der Waals surface area contributed by atoms with E-state index in [-0.39, 0.29) is 6.04 Å². The summed E-state index contributed by atoms with van der Waals surface area (Å²) in [6, 6.07) is 7.92. The molecule has 5 heteroatoms. The van der Waals surface area contributed by atoms with E-state index in [1.165, 1.54) is 12.7 Å². The van der Waals surface area contributed by atoms with Crippen LogP contribution in [0.3, 0.4) is 0 Å². The lowest BCUT2D eigenvalue weighted by atomic mass is 10.1. The summed E-state index contributed by atoms with van der Waals surface area (Å²) in [4.78, 5) is 2.70. The number of hydrogen-bond acceptors (Lipinski definition) is 4. The minimum absolute atomic E-state index is 0.241. The zero-order valence-electron chi connectivity index (χ0n) is 11.8. The van der Waals surface area contributed by atoms with Crippen molar-refractivity contribution in [1.82, 2.24) is 10.2 Å². The molecule has 1 heterocycles. The Morgan fingerprint density at radius 3 is 2.42 bits per heavy atom. The Hall–Kier alpha value is -0.910. The van der Waals surface area contributed by atoms with Crippen molar-refractivity contribution in [2.75, 3.05) is 26.4 Å². The van der Waals surface area contributed by atoms with Gasteiger partial charge in [-0.05, 0) is 44.6 Å². The fourth-order valence-electron chi connectivity index (χ4n) is 2.52. The van der Waals surface area contributed by atoms with Crippen molar-refractivity contribution < 1.29 is 8.42 Å². The second kappa shape index (κ2) is 5.61. The van der Waals surface area contributed by atoms with Crippen LogP contribution in [0, 0.1) is 0 Å². The van der Waals surface area contributed by atoms with Crippen LogP contribution in [0.1, 0.15) is 24.9 Å². The third-order valence-corrected chi connectivity index (χ3v) is 4.81. The van der Waals surface area contributed by atoms with Gasteiger partial charge in [-0.2, -0.15) is 0 Å². The highest BCUT2D eigenvalue weighted by Gasteiger charge is 2.21. The van der Waals surface area contributed by atoms with Gasteiger partial charge in [0.15, 0.2) is 9.84 Å². The Kier molecular flexibility index (Phi) is 4.28. The fourth-order valence-corrected chi connectivity index (χ4v) is 3.16. The van der Waals surface area contributed by atoms with Crippen LogP contribution >= 0.6 is 0 Å². The maximum Gasteiger partial charge on any atom is 0.175 e. The molecule has 0 saturated carbocycles. The lowest BCUT2D eigenvalue weighted by Gasteiger charge is -2.20. The van der Waals surface area contributed by atoms with Crippen LogP contribution in [0.25, 0.3) is 0 Å². The number of rotatable bonds is 4. The summed E-state index contributed by atoms with van der Waals surface area (Å²) >= 11 is 0. The van der Waals surface area contributed by atoms with Crippen LogP contribution in [0.2, 0.25) is 0 Å². The molecular weight excluding hydrogens is 260 g/mol. The summed E-state index contributed by atoms with van der Waals surface area (Å²) in [5.74, 6) is 0. The molecule has 2 atom stereocenters. The van der Waals surface area contributed by atoms with Crippen LogP contribution in [0.15, 0.2) is 29.2 Å². The standard InChI is InChI=1S/C14H22N2O2S/c1-11(15-13-8-9-16(2)10-13)12-4-6-14(7-5-12)19(3,17)18/h4-7,11,13,15H,8-10H2,1-3H3. The molecule has 0 aliphatic carbocycles. The van der Waals surface area contributed by atoms with Gasteiger partial charge in [0.1, 0.15) is 0 Å². The fraction of sp³-hybridized carbons (Fsp3) is 0.571. The number of hydrogen-bond donors (Lipinski definition) is 1. The minimum atomic E-state index is -3.10. The van der Waals surface area contributed by atoms with E-state index in [9.17, 15) is 8.42 Å². The Bertz CT molecular complexity index is 525. The third kappa shape index (κ3) is 3.78. The molecule has 0 spiro atoms. The minimum Gasteiger partial charge on any atom is -0.306 e. The molecule has 106 valence electrons. The summed E-state index contributed by atoms with van der Waals surface area (Å²) in [7, 11) is -0.970. The Morgan fingerprint density at radius 2 is 1.95 bits per heavy atom. The van der Waals surface area contributed by atoms with Gasteiger partial charge in [-0.15, -0.1) is 0 Å². The van der Waals surface area contributed by atoms with E-state index in [0.717, 1.165) is 18.7 Å². The lowest BCUT2D eigenvalue weighted by molar-refractivity contribution is 0.387. The molecular formula is C14H22N2O2S. The average Bonchev–Trinajstić information content (AvgIpc) is 2.74. The molecule has 19 heavy (non-hydrogen) atoms. The molecule has 1 saturated heterocycles. The highest BCUT2D eigenvalue weighted by molar-refractivity contribution is 7.90. The maximum absolute atomic E-state index is 11.4. The van der Waals surface area contributed by atoms with Gasteiger partial charge >= 0.3 is 0 Å². The average molecular weight is 282 g/mol. The van der Waals surface area contributed by atoms with Crippen LogP contribution in [0.4, 0.5) is 0 Å². The first-order chi connectivity index (χ1) is 8.86. The smallest absolute Gasteiger partial charge is 0.175 e. The highest BCUT2D eigenvalue weighted by Crippen LogP contribution is 2.18. The van der Waals surface area contributed by atoms with E-state index in [4.69, 9.17) is 0 Å². The number of likely N-dealkylation sites (N-methyl/N-ethyl adjacent to an activating group) is 1. The SMILES string of the molecule is CC(NC1CCN(C)C1)c1ccc(S(C)(=O)=O)cc1. The molecule has 1 aliphatic rings. The van der Waals surface area contributed by atoms with Crippen LogP contribution < -0.4 is 5.32 Å². The molecule has 1 fully saturated rings.